The van der Waals surface area contributed by atoms with Crippen molar-refractivity contribution in [3.8, 4) is 0 Å². The smallest absolute Gasteiger partial charge is 0.0648 e. The largest absolute Gasteiger partial charge is 0.390 e. The molecule has 7 atom stereocenters. The number of fused-ring (bicyclic) bond motifs is 5. The second-order valence-corrected chi connectivity index (χ2v) is 13.9. The van der Waals surface area contributed by atoms with Gasteiger partial charge in [0.25, 0.3) is 0 Å². The summed E-state index contributed by atoms with van der Waals surface area (Å²) < 4.78 is 5.90. The SMILES string of the molecule is CC.CC12CCC3C(CCC4COCCC43C)C1CCC2CCCC1(O)CCC2(CC1)CC2. The first kappa shape index (κ1) is 24.6. The van der Waals surface area contributed by atoms with Gasteiger partial charge < -0.3 is 9.84 Å². The minimum atomic E-state index is -0.319. The van der Waals surface area contributed by atoms with Crippen LogP contribution in [-0.2, 0) is 4.74 Å². The summed E-state index contributed by atoms with van der Waals surface area (Å²) >= 11 is 0. The van der Waals surface area contributed by atoms with Gasteiger partial charge in [0.1, 0.15) is 0 Å². The van der Waals surface area contributed by atoms with E-state index in [1.54, 1.807) is 0 Å². The van der Waals surface area contributed by atoms with E-state index < -0.39 is 0 Å². The molecule has 0 aromatic carbocycles. The number of hydrogen-bond acceptors (Lipinski definition) is 2. The molecule has 1 aliphatic heterocycles. The maximum Gasteiger partial charge on any atom is 0.0648 e. The Hall–Kier alpha value is -0.0800. The number of rotatable bonds is 4. The Balaban J connectivity index is 0.00000111. The molecule has 2 heteroatoms. The fraction of sp³-hybridized carbons (Fsp3) is 1.00. The monoisotopic (exact) mass is 458 g/mol. The van der Waals surface area contributed by atoms with E-state index in [9.17, 15) is 5.11 Å². The molecule has 1 saturated heterocycles. The first-order valence-electron chi connectivity index (χ1n) is 15.2. The normalized spacial score (nSPS) is 47.0. The molecule has 7 unspecified atom stereocenters. The minimum Gasteiger partial charge on any atom is -0.390 e. The van der Waals surface area contributed by atoms with Crippen molar-refractivity contribution >= 4 is 0 Å². The van der Waals surface area contributed by atoms with Crippen molar-refractivity contribution < 1.29 is 9.84 Å². The highest BCUT2D eigenvalue weighted by atomic mass is 16.5. The van der Waals surface area contributed by atoms with Crippen molar-refractivity contribution in [1.82, 2.24) is 0 Å². The van der Waals surface area contributed by atoms with Gasteiger partial charge in [-0.15, -0.1) is 0 Å². The van der Waals surface area contributed by atoms with Gasteiger partial charge in [0.15, 0.2) is 0 Å². The first-order valence-corrected chi connectivity index (χ1v) is 15.2. The Labute approximate surface area is 205 Å². The predicted molar refractivity (Wildman–Crippen MR) is 137 cm³/mol. The molecule has 1 heterocycles. The van der Waals surface area contributed by atoms with Crippen LogP contribution in [0.15, 0.2) is 0 Å². The van der Waals surface area contributed by atoms with Gasteiger partial charge in [-0.2, -0.15) is 0 Å². The summed E-state index contributed by atoms with van der Waals surface area (Å²) in [4.78, 5) is 0. The summed E-state index contributed by atoms with van der Waals surface area (Å²) in [5.74, 6) is 4.67. The second-order valence-electron chi connectivity index (χ2n) is 13.9. The molecular weight excluding hydrogens is 404 g/mol. The van der Waals surface area contributed by atoms with Crippen LogP contribution in [0.2, 0.25) is 0 Å². The van der Waals surface area contributed by atoms with Gasteiger partial charge in [0.2, 0.25) is 0 Å². The van der Waals surface area contributed by atoms with Crippen molar-refractivity contribution in [3.05, 3.63) is 0 Å². The van der Waals surface area contributed by atoms with Gasteiger partial charge >= 0.3 is 0 Å². The molecule has 33 heavy (non-hydrogen) atoms. The standard InChI is InChI=1S/C29H48O2.C2H6/c1-26-11-9-25-23(7-5-22-20-31-19-18-27(22,25)2)24(26)8-6-21(26)4-3-10-29(30)16-14-28(12-13-28)15-17-29;1-2/h21-25,30H,3-20H2,1-2H3;1-2H3. The molecule has 6 fully saturated rings. The van der Waals surface area contributed by atoms with Gasteiger partial charge in [-0.1, -0.05) is 34.1 Å². The number of hydrogen-bond donors (Lipinski definition) is 1. The van der Waals surface area contributed by atoms with Crippen LogP contribution in [0.25, 0.3) is 0 Å². The van der Waals surface area contributed by atoms with E-state index in [0.29, 0.717) is 16.2 Å². The topological polar surface area (TPSA) is 29.5 Å². The summed E-state index contributed by atoms with van der Waals surface area (Å²) in [6, 6.07) is 0. The van der Waals surface area contributed by atoms with Crippen LogP contribution in [0.1, 0.15) is 130 Å². The lowest BCUT2D eigenvalue weighted by atomic mass is 9.46. The molecule has 0 aromatic rings. The van der Waals surface area contributed by atoms with Gasteiger partial charge in [-0.3, -0.25) is 0 Å². The Bertz CT molecular complexity index is 672. The maximum absolute atomic E-state index is 11.2. The van der Waals surface area contributed by atoms with Gasteiger partial charge in [0.05, 0.1) is 5.60 Å². The zero-order valence-electron chi connectivity index (χ0n) is 22.5. The molecule has 5 aliphatic carbocycles. The van der Waals surface area contributed by atoms with E-state index in [1.807, 2.05) is 13.8 Å². The number of aliphatic hydroxyl groups is 1. The highest BCUT2D eigenvalue weighted by Gasteiger charge is 2.59. The maximum atomic E-state index is 11.2. The van der Waals surface area contributed by atoms with Crippen LogP contribution in [0.4, 0.5) is 0 Å². The van der Waals surface area contributed by atoms with E-state index >= 15 is 0 Å². The molecule has 6 rings (SSSR count). The second kappa shape index (κ2) is 9.10. The molecule has 1 N–H and O–H groups in total. The molecule has 2 nitrogen and oxygen atoms in total. The minimum absolute atomic E-state index is 0.319. The molecular formula is C31H54O2. The Morgan fingerprint density at radius 2 is 1.45 bits per heavy atom. The molecule has 6 aliphatic rings. The summed E-state index contributed by atoms with van der Waals surface area (Å²) in [5.41, 5.74) is 1.52. The van der Waals surface area contributed by atoms with E-state index in [2.05, 4.69) is 13.8 Å². The third kappa shape index (κ3) is 4.26. The van der Waals surface area contributed by atoms with Crippen molar-refractivity contribution in [1.29, 1.82) is 0 Å². The molecule has 5 saturated carbocycles. The van der Waals surface area contributed by atoms with Crippen molar-refractivity contribution in [2.24, 2.45) is 45.8 Å². The molecule has 0 aromatic heterocycles. The first-order chi connectivity index (χ1) is 15.9. The fourth-order valence-electron chi connectivity index (χ4n) is 10.1. The molecule has 0 radical (unpaired) electrons. The Morgan fingerprint density at radius 1 is 0.758 bits per heavy atom. The van der Waals surface area contributed by atoms with Crippen LogP contribution >= 0.6 is 0 Å². The van der Waals surface area contributed by atoms with Gasteiger partial charge in [0, 0.05) is 13.2 Å². The quantitative estimate of drug-likeness (QED) is 0.460. The van der Waals surface area contributed by atoms with Crippen LogP contribution < -0.4 is 0 Å². The lowest BCUT2D eigenvalue weighted by Crippen LogP contribution is -2.54. The van der Waals surface area contributed by atoms with Crippen molar-refractivity contribution in [2.75, 3.05) is 13.2 Å². The highest BCUT2D eigenvalue weighted by molar-refractivity contribution is 5.08. The predicted octanol–water partition coefficient (Wildman–Crippen LogP) is 8.16. The van der Waals surface area contributed by atoms with E-state index in [1.165, 1.54) is 83.5 Å². The molecule has 0 bridgehead atoms. The lowest BCUT2D eigenvalue weighted by molar-refractivity contribution is -0.147. The van der Waals surface area contributed by atoms with E-state index in [-0.39, 0.29) is 5.60 Å². The summed E-state index contributed by atoms with van der Waals surface area (Å²) in [6.07, 6.45) is 21.5. The van der Waals surface area contributed by atoms with E-state index in [0.717, 1.165) is 62.1 Å². The van der Waals surface area contributed by atoms with Crippen LogP contribution in [-0.4, -0.2) is 23.9 Å². The summed E-state index contributed by atoms with van der Waals surface area (Å²) in [7, 11) is 0. The fourth-order valence-corrected chi connectivity index (χ4v) is 10.1. The molecule has 190 valence electrons. The number of ether oxygens (including phenoxy) is 1. The third-order valence-electron chi connectivity index (χ3n) is 12.8. The molecule has 0 amide bonds. The van der Waals surface area contributed by atoms with E-state index in [4.69, 9.17) is 4.74 Å². The third-order valence-corrected chi connectivity index (χ3v) is 12.8. The Morgan fingerprint density at radius 3 is 2.18 bits per heavy atom. The van der Waals surface area contributed by atoms with Crippen molar-refractivity contribution in [3.63, 3.8) is 0 Å². The van der Waals surface area contributed by atoms with Gasteiger partial charge in [-0.05, 0) is 142 Å². The van der Waals surface area contributed by atoms with Crippen LogP contribution in [0.3, 0.4) is 0 Å². The highest BCUT2D eigenvalue weighted by Crippen LogP contribution is 2.67. The average Bonchev–Trinajstić information content (AvgIpc) is 3.51. The zero-order chi connectivity index (χ0) is 23.3. The van der Waals surface area contributed by atoms with Gasteiger partial charge in [-0.25, -0.2) is 0 Å². The van der Waals surface area contributed by atoms with Crippen LogP contribution in [0.5, 0.6) is 0 Å². The van der Waals surface area contributed by atoms with Crippen LogP contribution in [0, 0.1) is 45.8 Å². The Kier molecular flexibility index (Phi) is 6.78. The zero-order valence-corrected chi connectivity index (χ0v) is 22.5. The molecule has 1 spiro atoms. The summed E-state index contributed by atoms with van der Waals surface area (Å²) in [5, 5.41) is 11.2. The average molecular weight is 459 g/mol. The lowest BCUT2D eigenvalue weighted by Gasteiger charge is -2.60. The van der Waals surface area contributed by atoms with Crippen molar-refractivity contribution in [2.45, 2.75) is 136 Å². The summed E-state index contributed by atoms with van der Waals surface area (Å²) in [6.45, 7) is 11.4.